The molecular weight excluding hydrogens is 432 g/mol. The molecule has 7 nitrogen and oxygen atoms in total. The number of halogens is 1. The highest BCUT2D eigenvalue weighted by molar-refractivity contribution is 9.10. The van der Waals surface area contributed by atoms with Gasteiger partial charge in [0.1, 0.15) is 0 Å². The van der Waals surface area contributed by atoms with E-state index in [1.807, 2.05) is 25.3 Å². The summed E-state index contributed by atoms with van der Waals surface area (Å²) >= 11 is 3.36. The summed E-state index contributed by atoms with van der Waals surface area (Å²) in [5.74, 6) is 0.115. The molecule has 9 heteroatoms. The molecule has 2 aromatic rings. The standard InChI is InChI=1S/C18H23BrN4O3S/c1-2-11-27(25,26)21-16-7-9-22(10-8-16)18(24)14-3-5-17(6-4-14)23-13-15(19)12-20-23/h3-6,12-13,16,21H,2,7-11H2,1H3. The van der Waals surface area contributed by atoms with E-state index in [0.717, 1.165) is 10.2 Å². The Labute approximate surface area is 167 Å². The zero-order valence-electron chi connectivity index (χ0n) is 15.1. The van der Waals surface area contributed by atoms with Gasteiger partial charge in [-0.1, -0.05) is 6.92 Å². The Morgan fingerprint density at radius 3 is 2.48 bits per heavy atom. The summed E-state index contributed by atoms with van der Waals surface area (Å²) in [5, 5.41) is 4.22. The molecule has 3 rings (SSSR count). The van der Waals surface area contributed by atoms with Crippen molar-refractivity contribution in [2.24, 2.45) is 0 Å². The molecule has 1 amide bonds. The fourth-order valence-electron chi connectivity index (χ4n) is 3.16. The van der Waals surface area contributed by atoms with Crippen LogP contribution in [0.15, 0.2) is 41.1 Å². The quantitative estimate of drug-likeness (QED) is 0.726. The van der Waals surface area contributed by atoms with Crippen LogP contribution in [0.2, 0.25) is 0 Å². The molecule has 1 aromatic heterocycles. The van der Waals surface area contributed by atoms with Gasteiger partial charge in [0.15, 0.2) is 0 Å². The zero-order chi connectivity index (χ0) is 19.4. The second-order valence-corrected chi connectivity index (χ2v) is 9.44. The molecule has 2 heterocycles. The zero-order valence-corrected chi connectivity index (χ0v) is 17.5. The number of nitrogens with one attached hydrogen (secondary N) is 1. The number of nitrogens with zero attached hydrogens (tertiary/aromatic N) is 3. The van der Waals surface area contributed by atoms with Crippen LogP contribution in [0, 0.1) is 0 Å². The second-order valence-electron chi connectivity index (χ2n) is 6.65. The summed E-state index contributed by atoms with van der Waals surface area (Å²) in [7, 11) is -3.22. The molecule has 146 valence electrons. The number of likely N-dealkylation sites (tertiary alicyclic amines) is 1. The molecule has 0 atom stereocenters. The third-order valence-corrected chi connectivity index (χ3v) is 6.58. The number of amides is 1. The van der Waals surface area contributed by atoms with E-state index in [1.165, 1.54) is 0 Å². The van der Waals surface area contributed by atoms with Crippen molar-refractivity contribution in [2.45, 2.75) is 32.2 Å². The number of sulfonamides is 1. The van der Waals surface area contributed by atoms with Crippen LogP contribution in [0.25, 0.3) is 5.69 Å². The van der Waals surface area contributed by atoms with E-state index >= 15 is 0 Å². The summed E-state index contributed by atoms with van der Waals surface area (Å²) in [6, 6.07) is 7.22. The van der Waals surface area contributed by atoms with E-state index in [1.54, 1.807) is 27.9 Å². The van der Waals surface area contributed by atoms with Crippen LogP contribution in [-0.4, -0.2) is 53.9 Å². The van der Waals surface area contributed by atoms with Gasteiger partial charge in [-0.15, -0.1) is 0 Å². The lowest BCUT2D eigenvalue weighted by Gasteiger charge is -2.32. The van der Waals surface area contributed by atoms with E-state index < -0.39 is 10.0 Å². The first kappa shape index (κ1) is 20.0. The minimum Gasteiger partial charge on any atom is -0.339 e. The van der Waals surface area contributed by atoms with E-state index in [-0.39, 0.29) is 17.7 Å². The van der Waals surface area contributed by atoms with Gasteiger partial charge in [-0.25, -0.2) is 17.8 Å². The lowest BCUT2D eigenvalue weighted by Crippen LogP contribution is -2.46. The number of piperidine rings is 1. The summed E-state index contributed by atoms with van der Waals surface area (Å²) in [6.45, 7) is 2.94. The largest absolute Gasteiger partial charge is 0.339 e. The molecule has 1 saturated heterocycles. The predicted molar refractivity (Wildman–Crippen MR) is 107 cm³/mol. The van der Waals surface area contributed by atoms with E-state index in [0.29, 0.717) is 37.9 Å². The minimum absolute atomic E-state index is 0.0296. The van der Waals surface area contributed by atoms with Gasteiger partial charge >= 0.3 is 0 Å². The lowest BCUT2D eigenvalue weighted by molar-refractivity contribution is 0.0711. The number of carbonyl (C=O) groups excluding carboxylic acids is 1. The molecule has 27 heavy (non-hydrogen) atoms. The third kappa shape index (κ3) is 5.18. The Morgan fingerprint density at radius 2 is 1.93 bits per heavy atom. The summed E-state index contributed by atoms with van der Waals surface area (Å²) in [4.78, 5) is 14.5. The monoisotopic (exact) mass is 454 g/mol. The summed E-state index contributed by atoms with van der Waals surface area (Å²) < 4.78 is 29.1. The highest BCUT2D eigenvalue weighted by Crippen LogP contribution is 2.17. The Kier molecular flexibility index (Phi) is 6.33. The van der Waals surface area contributed by atoms with Crippen molar-refractivity contribution < 1.29 is 13.2 Å². The Hall–Kier alpha value is -1.71. The molecule has 1 aromatic carbocycles. The van der Waals surface area contributed by atoms with Crippen LogP contribution in [0.1, 0.15) is 36.5 Å². The van der Waals surface area contributed by atoms with Crippen LogP contribution >= 0.6 is 15.9 Å². The SMILES string of the molecule is CCCS(=O)(=O)NC1CCN(C(=O)c2ccc(-n3cc(Br)cn3)cc2)CC1. The summed E-state index contributed by atoms with van der Waals surface area (Å²) in [5.41, 5.74) is 1.50. The van der Waals surface area contributed by atoms with E-state index in [4.69, 9.17) is 0 Å². The average molecular weight is 455 g/mol. The van der Waals surface area contributed by atoms with Crippen molar-refractivity contribution in [3.63, 3.8) is 0 Å². The Bertz CT molecular complexity index is 888. The maximum absolute atomic E-state index is 12.7. The van der Waals surface area contributed by atoms with Crippen LogP contribution in [0.4, 0.5) is 0 Å². The van der Waals surface area contributed by atoms with Crippen molar-refractivity contribution >= 4 is 31.9 Å². The second kappa shape index (κ2) is 8.53. The van der Waals surface area contributed by atoms with Crippen molar-refractivity contribution in [2.75, 3.05) is 18.8 Å². The Morgan fingerprint density at radius 1 is 1.26 bits per heavy atom. The first-order chi connectivity index (χ1) is 12.9. The number of aromatic nitrogens is 2. The molecule has 0 unspecified atom stereocenters. The molecule has 1 aliphatic rings. The molecule has 1 fully saturated rings. The van der Waals surface area contributed by atoms with Gasteiger partial charge in [0.2, 0.25) is 10.0 Å². The first-order valence-corrected chi connectivity index (χ1v) is 11.4. The third-order valence-electron chi connectivity index (χ3n) is 4.53. The number of benzene rings is 1. The molecular formula is C18H23BrN4O3S. The molecule has 0 spiro atoms. The van der Waals surface area contributed by atoms with Gasteiger partial charge in [-0.3, -0.25) is 4.79 Å². The molecule has 0 radical (unpaired) electrons. The van der Waals surface area contributed by atoms with Gasteiger partial charge in [-0.05, 0) is 59.5 Å². The molecule has 1 N–H and O–H groups in total. The van der Waals surface area contributed by atoms with Crippen LogP contribution in [0.5, 0.6) is 0 Å². The van der Waals surface area contributed by atoms with E-state index in [2.05, 4.69) is 25.8 Å². The first-order valence-electron chi connectivity index (χ1n) is 8.98. The maximum Gasteiger partial charge on any atom is 0.253 e. The number of hydrogen-bond donors (Lipinski definition) is 1. The summed E-state index contributed by atoms with van der Waals surface area (Å²) in [6.07, 6.45) is 5.42. The number of carbonyl (C=O) groups is 1. The highest BCUT2D eigenvalue weighted by atomic mass is 79.9. The van der Waals surface area contributed by atoms with Crippen molar-refractivity contribution in [1.29, 1.82) is 0 Å². The number of rotatable bonds is 6. The normalized spacial score (nSPS) is 15.9. The van der Waals surface area contributed by atoms with Gasteiger partial charge in [-0.2, -0.15) is 5.10 Å². The van der Waals surface area contributed by atoms with Gasteiger partial charge in [0, 0.05) is 30.9 Å². The average Bonchev–Trinajstić information content (AvgIpc) is 3.08. The maximum atomic E-state index is 12.7. The lowest BCUT2D eigenvalue weighted by atomic mass is 10.0. The highest BCUT2D eigenvalue weighted by Gasteiger charge is 2.26. The van der Waals surface area contributed by atoms with Crippen molar-refractivity contribution in [3.8, 4) is 5.69 Å². The smallest absolute Gasteiger partial charge is 0.253 e. The number of hydrogen-bond acceptors (Lipinski definition) is 4. The van der Waals surface area contributed by atoms with Crippen LogP contribution < -0.4 is 4.72 Å². The molecule has 0 saturated carbocycles. The predicted octanol–water partition coefficient (Wildman–Crippen LogP) is 2.57. The van der Waals surface area contributed by atoms with Crippen LogP contribution in [-0.2, 0) is 10.0 Å². The fraction of sp³-hybridized carbons (Fsp3) is 0.444. The van der Waals surface area contributed by atoms with E-state index in [9.17, 15) is 13.2 Å². The van der Waals surface area contributed by atoms with Gasteiger partial charge in [0.05, 0.1) is 22.1 Å². The molecule has 0 aliphatic carbocycles. The molecule has 0 bridgehead atoms. The van der Waals surface area contributed by atoms with Gasteiger partial charge < -0.3 is 4.90 Å². The minimum atomic E-state index is -3.22. The Balaban J connectivity index is 1.58. The van der Waals surface area contributed by atoms with Gasteiger partial charge in [0.25, 0.3) is 5.91 Å². The molecule has 1 aliphatic heterocycles. The van der Waals surface area contributed by atoms with Crippen molar-refractivity contribution in [3.05, 3.63) is 46.7 Å². The fourth-order valence-corrected chi connectivity index (χ4v) is 4.85. The van der Waals surface area contributed by atoms with Crippen molar-refractivity contribution in [1.82, 2.24) is 19.4 Å². The van der Waals surface area contributed by atoms with Crippen LogP contribution in [0.3, 0.4) is 0 Å². The topological polar surface area (TPSA) is 84.3 Å².